The maximum absolute atomic E-state index is 5.71. The van der Waals surface area contributed by atoms with Gasteiger partial charge in [0.05, 0.1) is 22.1 Å². The van der Waals surface area contributed by atoms with Crippen molar-refractivity contribution in [1.29, 1.82) is 0 Å². The number of aromatic nitrogens is 7. The molecular formula is C20H18N8. The minimum Gasteiger partial charge on any atom is -0.368 e. The van der Waals surface area contributed by atoms with Crippen LogP contribution in [0.1, 0.15) is 30.9 Å². The number of fused-ring (bicyclic) bond motifs is 1. The van der Waals surface area contributed by atoms with E-state index >= 15 is 0 Å². The van der Waals surface area contributed by atoms with Crippen LogP contribution >= 0.6 is 0 Å². The highest BCUT2D eigenvalue weighted by atomic mass is 15.2. The van der Waals surface area contributed by atoms with Crippen molar-refractivity contribution >= 4 is 17.0 Å². The van der Waals surface area contributed by atoms with Crippen LogP contribution in [0.2, 0.25) is 0 Å². The lowest BCUT2D eigenvalue weighted by atomic mass is 9.90. The molecule has 0 aliphatic rings. The summed E-state index contributed by atoms with van der Waals surface area (Å²) in [7, 11) is 0. The number of hydrogen-bond donors (Lipinski definition) is 1. The molecule has 0 radical (unpaired) electrons. The number of imidazole rings is 1. The summed E-state index contributed by atoms with van der Waals surface area (Å²) in [6, 6.07) is 5.85. The van der Waals surface area contributed by atoms with Crippen LogP contribution in [0.5, 0.6) is 0 Å². The van der Waals surface area contributed by atoms with Crippen molar-refractivity contribution < 1.29 is 0 Å². The second-order valence-corrected chi connectivity index (χ2v) is 6.81. The van der Waals surface area contributed by atoms with E-state index in [-0.39, 0.29) is 5.95 Å². The van der Waals surface area contributed by atoms with Crippen molar-refractivity contribution in [1.82, 2.24) is 34.5 Å². The van der Waals surface area contributed by atoms with Gasteiger partial charge in [-0.3, -0.25) is 14.5 Å². The van der Waals surface area contributed by atoms with Crippen molar-refractivity contribution in [3.8, 4) is 17.8 Å². The first-order valence-corrected chi connectivity index (χ1v) is 8.68. The Kier molecular flexibility index (Phi) is 4.20. The average molecular weight is 370 g/mol. The van der Waals surface area contributed by atoms with Crippen molar-refractivity contribution in [2.75, 3.05) is 5.73 Å². The molecule has 8 heteroatoms. The van der Waals surface area contributed by atoms with Gasteiger partial charge in [-0.2, -0.15) is 4.98 Å². The molecule has 0 aliphatic heterocycles. The third-order valence-corrected chi connectivity index (χ3v) is 4.32. The fraction of sp³-hybridized carbons (Fsp3) is 0.200. The van der Waals surface area contributed by atoms with Gasteiger partial charge in [-0.15, -0.1) is 0 Å². The summed E-state index contributed by atoms with van der Waals surface area (Å²) >= 11 is 0. The van der Waals surface area contributed by atoms with Crippen molar-refractivity contribution in [3.05, 3.63) is 60.2 Å². The number of nitrogens with two attached hydrogens (primary N) is 1. The van der Waals surface area contributed by atoms with Gasteiger partial charge in [0.2, 0.25) is 11.9 Å². The molecular weight excluding hydrogens is 352 g/mol. The van der Waals surface area contributed by atoms with Gasteiger partial charge >= 0.3 is 0 Å². The number of nitrogen functional groups attached to an aromatic ring is 1. The van der Waals surface area contributed by atoms with E-state index in [0.29, 0.717) is 5.95 Å². The molecule has 0 amide bonds. The van der Waals surface area contributed by atoms with Crippen LogP contribution in [-0.4, -0.2) is 34.5 Å². The van der Waals surface area contributed by atoms with E-state index in [1.807, 2.05) is 43.5 Å². The molecule has 0 bridgehead atoms. The molecule has 0 saturated heterocycles. The van der Waals surface area contributed by atoms with Crippen molar-refractivity contribution in [2.45, 2.75) is 26.2 Å². The van der Waals surface area contributed by atoms with Crippen molar-refractivity contribution in [3.63, 3.8) is 0 Å². The quantitative estimate of drug-likeness (QED) is 0.539. The lowest BCUT2D eigenvalue weighted by Gasteiger charge is -2.15. The molecule has 3 aromatic heterocycles. The Bertz CT molecular complexity index is 1220. The Balaban J connectivity index is 1.78. The zero-order valence-corrected chi connectivity index (χ0v) is 15.7. The predicted octanol–water partition coefficient (Wildman–Crippen LogP) is 2.22. The second kappa shape index (κ2) is 6.70. The summed E-state index contributed by atoms with van der Waals surface area (Å²) in [4.78, 5) is 25.3. The Morgan fingerprint density at radius 1 is 1.07 bits per heavy atom. The number of benzene rings is 1. The van der Waals surface area contributed by atoms with E-state index in [4.69, 9.17) is 5.73 Å². The maximum Gasteiger partial charge on any atom is 0.240 e. The standard InChI is InChI=1S/C20H18N8/c1-13-26-15-5-4-14(6-7-20(2,3)17-11-22-8-9-23-17)10-16(15)28(13)19-25-12-24-18(21)27-19/h4-5,8-12H,1-3H3,(H2,21,24,25,27). The molecule has 1 aromatic carbocycles. The van der Waals surface area contributed by atoms with Gasteiger partial charge in [-0.1, -0.05) is 11.8 Å². The first-order chi connectivity index (χ1) is 13.4. The van der Waals surface area contributed by atoms with Gasteiger partial charge < -0.3 is 5.73 Å². The van der Waals surface area contributed by atoms with Gasteiger partial charge in [0, 0.05) is 24.2 Å². The molecule has 4 rings (SSSR count). The molecule has 3 heterocycles. The largest absolute Gasteiger partial charge is 0.368 e. The van der Waals surface area contributed by atoms with Crippen LogP contribution < -0.4 is 5.73 Å². The van der Waals surface area contributed by atoms with E-state index in [9.17, 15) is 0 Å². The summed E-state index contributed by atoms with van der Waals surface area (Å²) in [5.74, 6) is 7.87. The van der Waals surface area contributed by atoms with E-state index in [1.54, 1.807) is 18.6 Å². The van der Waals surface area contributed by atoms with Crippen LogP contribution in [-0.2, 0) is 5.41 Å². The fourth-order valence-corrected chi connectivity index (χ4v) is 2.85. The van der Waals surface area contributed by atoms with Gasteiger partial charge in [0.15, 0.2) is 0 Å². The number of aryl methyl sites for hydroxylation is 1. The molecule has 0 aliphatic carbocycles. The number of anilines is 1. The average Bonchev–Trinajstić information content (AvgIpc) is 3.02. The topological polar surface area (TPSA) is 108 Å². The molecule has 0 atom stereocenters. The van der Waals surface area contributed by atoms with E-state index in [0.717, 1.165) is 28.1 Å². The normalized spacial score (nSPS) is 11.2. The molecule has 0 fully saturated rings. The smallest absolute Gasteiger partial charge is 0.240 e. The fourth-order valence-electron chi connectivity index (χ4n) is 2.85. The minimum atomic E-state index is -0.429. The highest BCUT2D eigenvalue weighted by Crippen LogP contribution is 2.22. The van der Waals surface area contributed by atoms with Crippen LogP contribution in [0.4, 0.5) is 5.95 Å². The van der Waals surface area contributed by atoms with E-state index < -0.39 is 5.41 Å². The minimum absolute atomic E-state index is 0.160. The molecule has 0 unspecified atom stereocenters. The second-order valence-electron chi connectivity index (χ2n) is 6.81. The first kappa shape index (κ1) is 17.5. The Morgan fingerprint density at radius 2 is 1.93 bits per heavy atom. The summed E-state index contributed by atoms with van der Waals surface area (Å²) in [5.41, 5.74) is 8.64. The summed E-state index contributed by atoms with van der Waals surface area (Å²) < 4.78 is 1.84. The molecule has 0 saturated carbocycles. The van der Waals surface area contributed by atoms with Gasteiger partial charge in [-0.25, -0.2) is 15.0 Å². The lowest BCUT2D eigenvalue weighted by molar-refractivity contribution is 0.664. The third kappa shape index (κ3) is 3.25. The van der Waals surface area contributed by atoms with Crippen LogP contribution in [0, 0.1) is 18.8 Å². The van der Waals surface area contributed by atoms with Crippen molar-refractivity contribution in [2.24, 2.45) is 0 Å². The van der Waals surface area contributed by atoms with Crippen LogP contribution in [0.25, 0.3) is 17.0 Å². The monoisotopic (exact) mass is 370 g/mol. The van der Waals surface area contributed by atoms with Gasteiger partial charge in [0.1, 0.15) is 12.2 Å². The SMILES string of the molecule is Cc1nc2ccc(C#CC(C)(C)c3cnccn3)cc2n1-c1ncnc(N)n1. The predicted molar refractivity (Wildman–Crippen MR) is 106 cm³/mol. The number of rotatable bonds is 2. The highest BCUT2D eigenvalue weighted by molar-refractivity contribution is 5.79. The Morgan fingerprint density at radius 3 is 2.68 bits per heavy atom. The lowest BCUT2D eigenvalue weighted by Crippen LogP contribution is -2.16. The van der Waals surface area contributed by atoms with E-state index in [2.05, 4.69) is 41.7 Å². The molecule has 2 N–H and O–H groups in total. The maximum atomic E-state index is 5.71. The summed E-state index contributed by atoms with van der Waals surface area (Å²) in [5, 5.41) is 0. The zero-order chi connectivity index (χ0) is 19.7. The molecule has 0 spiro atoms. The zero-order valence-electron chi connectivity index (χ0n) is 15.7. The Hall–Kier alpha value is -3.86. The molecule has 4 aromatic rings. The third-order valence-electron chi connectivity index (χ3n) is 4.32. The summed E-state index contributed by atoms with van der Waals surface area (Å²) in [6.07, 6.45) is 6.45. The highest BCUT2D eigenvalue weighted by Gasteiger charge is 2.19. The molecule has 28 heavy (non-hydrogen) atoms. The number of nitrogens with zero attached hydrogens (tertiary/aromatic N) is 7. The van der Waals surface area contributed by atoms with Gasteiger partial charge in [0.25, 0.3) is 0 Å². The molecule has 8 nitrogen and oxygen atoms in total. The van der Waals surface area contributed by atoms with E-state index in [1.165, 1.54) is 6.33 Å². The van der Waals surface area contributed by atoms with Crippen LogP contribution in [0.15, 0.2) is 43.1 Å². The number of hydrogen-bond acceptors (Lipinski definition) is 7. The Labute approximate surface area is 161 Å². The first-order valence-electron chi connectivity index (χ1n) is 8.68. The van der Waals surface area contributed by atoms with Crippen LogP contribution in [0.3, 0.4) is 0 Å². The molecule has 138 valence electrons. The summed E-state index contributed by atoms with van der Waals surface area (Å²) in [6.45, 7) is 5.93. The van der Waals surface area contributed by atoms with Gasteiger partial charge in [-0.05, 0) is 39.0 Å².